The predicted molar refractivity (Wildman–Crippen MR) is 113 cm³/mol. The fourth-order valence-corrected chi connectivity index (χ4v) is 4.73. The van der Waals surface area contributed by atoms with Crippen molar-refractivity contribution in [3.05, 3.63) is 42.0 Å². The number of phenols is 1. The highest BCUT2D eigenvalue weighted by atomic mass is 32.1. The number of hydrogen-bond acceptors (Lipinski definition) is 4. The normalized spacial score (nSPS) is 26.7. The van der Waals surface area contributed by atoms with Crippen LogP contribution in [0.2, 0.25) is 0 Å². The second-order valence-electron chi connectivity index (χ2n) is 7.89. The maximum absolute atomic E-state index is 12.4. The van der Waals surface area contributed by atoms with Crippen LogP contribution < -0.4 is 10.7 Å². The van der Waals surface area contributed by atoms with Crippen LogP contribution in [-0.4, -0.2) is 46.4 Å². The molecular formula is C21H26N4O2S. The van der Waals surface area contributed by atoms with E-state index in [0.29, 0.717) is 17.5 Å². The van der Waals surface area contributed by atoms with Crippen LogP contribution in [0.4, 0.5) is 0 Å². The van der Waals surface area contributed by atoms with E-state index in [1.165, 1.54) is 19.1 Å². The summed E-state index contributed by atoms with van der Waals surface area (Å²) in [6, 6.07) is 7.34. The number of piperidine rings is 1. The summed E-state index contributed by atoms with van der Waals surface area (Å²) in [5.41, 5.74) is 3.17. The molecule has 1 amide bonds. The number of rotatable bonds is 4. The molecule has 7 heteroatoms. The quantitative estimate of drug-likeness (QED) is 0.314. The highest BCUT2D eigenvalue weighted by Gasteiger charge is 2.36. The van der Waals surface area contributed by atoms with Crippen LogP contribution in [0, 0.1) is 17.8 Å². The molecule has 1 aromatic carbocycles. The van der Waals surface area contributed by atoms with Gasteiger partial charge in [-0.3, -0.25) is 4.79 Å². The highest BCUT2D eigenvalue weighted by Crippen LogP contribution is 2.39. The molecule has 6 nitrogen and oxygen atoms in total. The first-order valence-electron chi connectivity index (χ1n) is 9.95. The average Bonchev–Trinajstić information content (AvgIpc) is 3.32. The number of thiocarbonyl (C=S) groups is 1. The number of para-hydroxylation sites is 1. The molecule has 4 rings (SSSR count). The van der Waals surface area contributed by atoms with Gasteiger partial charge < -0.3 is 15.3 Å². The lowest BCUT2D eigenvalue weighted by atomic mass is 9.96. The summed E-state index contributed by atoms with van der Waals surface area (Å²) in [5.74, 6) is 1.33. The monoisotopic (exact) mass is 398 g/mol. The van der Waals surface area contributed by atoms with E-state index >= 15 is 0 Å². The minimum absolute atomic E-state index is 0.0639. The standard InChI is InChI=1S/C21H26N4O2S/c26-19-4-2-1-3-17(19)13-22-24-20(27)15-7-9-25(10-8-15)21(28)23-18-12-14-5-6-16(18)11-14/h1-6,13-16,18,26H,7-12H2,(H,23,28)(H,24,27)/b22-13+/t14-,16-,18-/m0/s1. The largest absolute Gasteiger partial charge is 0.507 e. The van der Waals surface area contributed by atoms with Gasteiger partial charge in [-0.2, -0.15) is 5.10 Å². The summed E-state index contributed by atoms with van der Waals surface area (Å²) in [7, 11) is 0. The number of fused-ring (bicyclic) bond motifs is 2. The molecule has 2 bridgehead atoms. The van der Waals surface area contributed by atoms with Crippen molar-refractivity contribution in [1.29, 1.82) is 0 Å². The molecule has 28 heavy (non-hydrogen) atoms. The summed E-state index contributed by atoms with van der Waals surface area (Å²) in [6.07, 6.45) is 10.1. The van der Waals surface area contributed by atoms with Gasteiger partial charge in [-0.15, -0.1) is 0 Å². The Morgan fingerprint density at radius 1 is 1.21 bits per heavy atom. The molecule has 148 valence electrons. The van der Waals surface area contributed by atoms with Crippen molar-refractivity contribution in [1.82, 2.24) is 15.6 Å². The van der Waals surface area contributed by atoms with E-state index in [4.69, 9.17) is 12.2 Å². The number of carbonyl (C=O) groups is 1. The Morgan fingerprint density at radius 3 is 2.68 bits per heavy atom. The number of phenolic OH excluding ortho intramolecular Hbond substituents is 1. The van der Waals surface area contributed by atoms with Gasteiger partial charge in [-0.05, 0) is 61.9 Å². The van der Waals surface area contributed by atoms with Gasteiger partial charge in [-0.1, -0.05) is 24.3 Å². The van der Waals surface area contributed by atoms with Crippen LogP contribution in [0.5, 0.6) is 5.75 Å². The van der Waals surface area contributed by atoms with Gasteiger partial charge in [-0.25, -0.2) is 5.43 Å². The Balaban J connectivity index is 1.21. The second kappa shape index (κ2) is 8.31. The number of allylic oxidation sites excluding steroid dienone is 1. The molecule has 3 atom stereocenters. The molecule has 3 aliphatic rings. The third-order valence-electron chi connectivity index (χ3n) is 6.06. The lowest BCUT2D eigenvalue weighted by molar-refractivity contribution is -0.126. The van der Waals surface area contributed by atoms with Gasteiger partial charge in [0.05, 0.1) is 6.21 Å². The van der Waals surface area contributed by atoms with Gasteiger partial charge in [0, 0.05) is 30.6 Å². The Morgan fingerprint density at radius 2 is 2.00 bits per heavy atom. The highest BCUT2D eigenvalue weighted by molar-refractivity contribution is 7.80. The van der Waals surface area contributed by atoms with Crippen LogP contribution in [-0.2, 0) is 4.79 Å². The van der Waals surface area contributed by atoms with E-state index in [2.05, 4.69) is 32.9 Å². The molecule has 0 unspecified atom stereocenters. The number of hydrazone groups is 1. The zero-order valence-electron chi connectivity index (χ0n) is 15.8. The van der Waals surface area contributed by atoms with Gasteiger partial charge in [0.1, 0.15) is 5.75 Å². The molecule has 2 fully saturated rings. The van der Waals surface area contributed by atoms with E-state index in [1.54, 1.807) is 18.2 Å². The smallest absolute Gasteiger partial charge is 0.243 e. The van der Waals surface area contributed by atoms with E-state index in [-0.39, 0.29) is 17.6 Å². The van der Waals surface area contributed by atoms with Gasteiger partial charge in [0.25, 0.3) is 0 Å². The number of amides is 1. The maximum atomic E-state index is 12.4. The predicted octanol–water partition coefficient (Wildman–Crippen LogP) is 2.39. The van der Waals surface area contributed by atoms with E-state index in [9.17, 15) is 9.90 Å². The zero-order chi connectivity index (χ0) is 19.5. The summed E-state index contributed by atoms with van der Waals surface area (Å²) in [4.78, 5) is 14.5. The Bertz CT molecular complexity index is 801. The van der Waals surface area contributed by atoms with Crippen molar-refractivity contribution in [3.63, 3.8) is 0 Å². The van der Waals surface area contributed by atoms with Gasteiger partial charge in [0.15, 0.2) is 5.11 Å². The van der Waals surface area contributed by atoms with Gasteiger partial charge in [0.2, 0.25) is 5.91 Å². The first-order valence-corrected chi connectivity index (χ1v) is 10.4. The SMILES string of the molecule is O=C(N/N=C/c1ccccc1O)C1CCN(C(=S)N[C@H]2C[C@H]3C=C[C@H]2C3)CC1. The topological polar surface area (TPSA) is 77.0 Å². The summed E-state index contributed by atoms with van der Waals surface area (Å²) in [6.45, 7) is 1.56. The number of hydrogen-bond donors (Lipinski definition) is 3. The fourth-order valence-electron chi connectivity index (χ4n) is 4.39. The Hall–Kier alpha value is -2.41. The number of nitrogens with one attached hydrogen (secondary N) is 2. The van der Waals surface area contributed by atoms with Crippen LogP contribution in [0.3, 0.4) is 0 Å². The molecule has 1 aliphatic heterocycles. The summed E-state index contributed by atoms with van der Waals surface area (Å²) < 4.78 is 0. The van der Waals surface area contributed by atoms with Crippen molar-refractivity contribution < 1.29 is 9.90 Å². The summed E-state index contributed by atoms with van der Waals surface area (Å²) >= 11 is 5.61. The van der Waals surface area contributed by atoms with Crippen LogP contribution in [0.25, 0.3) is 0 Å². The minimum Gasteiger partial charge on any atom is -0.507 e. The molecular weight excluding hydrogens is 372 g/mol. The van der Waals surface area contributed by atoms with Crippen molar-refractivity contribution in [2.75, 3.05) is 13.1 Å². The minimum atomic E-state index is -0.0801. The molecule has 1 saturated heterocycles. The third-order valence-corrected chi connectivity index (χ3v) is 6.43. The third kappa shape index (κ3) is 4.19. The molecule has 0 spiro atoms. The van der Waals surface area contributed by atoms with E-state index in [1.807, 2.05) is 6.07 Å². The van der Waals surface area contributed by atoms with E-state index in [0.717, 1.165) is 37.0 Å². The lowest BCUT2D eigenvalue weighted by Gasteiger charge is -2.35. The van der Waals surface area contributed by atoms with Crippen molar-refractivity contribution in [2.45, 2.75) is 31.7 Å². The maximum Gasteiger partial charge on any atom is 0.243 e. The van der Waals surface area contributed by atoms with Crippen LogP contribution in [0.15, 0.2) is 41.5 Å². The molecule has 1 heterocycles. The van der Waals surface area contributed by atoms with Crippen molar-refractivity contribution in [2.24, 2.45) is 22.9 Å². The molecule has 1 saturated carbocycles. The number of benzene rings is 1. The molecule has 2 aliphatic carbocycles. The van der Waals surface area contributed by atoms with E-state index < -0.39 is 0 Å². The first-order chi connectivity index (χ1) is 13.6. The summed E-state index contributed by atoms with van der Waals surface area (Å²) in [5, 5.41) is 18.1. The Labute approximate surface area is 170 Å². The van der Waals surface area contributed by atoms with Gasteiger partial charge >= 0.3 is 0 Å². The average molecular weight is 399 g/mol. The molecule has 3 N–H and O–H groups in total. The van der Waals surface area contributed by atoms with Crippen molar-refractivity contribution >= 4 is 29.5 Å². The number of aromatic hydroxyl groups is 1. The number of likely N-dealkylation sites (tertiary alicyclic amines) is 1. The number of carbonyl (C=O) groups excluding carboxylic acids is 1. The fraction of sp³-hybridized carbons (Fsp3) is 0.476. The van der Waals surface area contributed by atoms with Crippen LogP contribution >= 0.6 is 12.2 Å². The molecule has 1 aromatic rings. The Kier molecular flexibility index (Phi) is 5.62. The second-order valence-corrected chi connectivity index (χ2v) is 8.28. The first kappa shape index (κ1) is 18.9. The molecule has 0 aromatic heterocycles. The number of nitrogens with zero attached hydrogens (tertiary/aromatic N) is 2. The lowest BCUT2D eigenvalue weighted by Crippen LogP contribution is -2.49. The van der Waals surface area contributed by atoms with Crippen molar-refractivity contribution in [3.8, 4) is 5.75 Å². The van der Waals surface area contributed by atoms with Crippen LogP contribution in [0.1, 0.15) is 31.2 Å². The zero-order valence-corrected chi connectivity index (χ0v) is 16.6. The molecule has 0 radical (unpaired) electrons.